The number of hydrogen-bond donors (Lipinski definition) is 1. The van der Waals surface area contributed by atoms with E-state index in [1.165, 1.54) is 18.4 Å². The second kappa shape index (κ2) is 10.6. The Morgan fingerprint density at radius 1 is 1.17 bits per heavy atom. The van der Waals surface area contributed by atoms with Crippen molar-refractivity contribution in [2.45, 2.75) is 38.6 Å². The maximum Gasteiger partial charge on any atom is 0.235 e. The van der Waals surface area contributed by atoms with E-state index in [2.05, 4.69) is 39.1 Å². The minimum atomic E-state index is -3.54. The summed E-state index contributed by atoms with van der Waals surface area (Å²) in [7, 11) is -3.54. The third kappa shape index (κ3) is 7.22. The Balaban J connectivity index is 1.55. The van der Waals surface area contributed by atoms with E-state index < -0.39 is 21.5 Å². The number of halogens is 1. The maximum absolute atomic E-state index is 12.4. The van der Waals surface area contributed by atoms with Gasteiger partial charge in [-0.15, -0.1) is 0 Å². The van der Waals surface area contributed by atoms with Gasteiger partial charge in [-0.2, -0.15) is 0 Å². The van der Waals surface area contributed by atoms with Crippen LogP contribution in [0.2, 0.25) is 0 Å². The normalized spacial score (nSPS) is 17.6. The molecule has 1 saturated heterocycles. The quantitative estimate of drug-likeness (QED) is 0.606. The van der Waals surface area contributed by atoms with Gasteiger partial charge in [0.1, 0.15) is 5.75 Å². The lowest BCUT2D eigenvalue weighted by Gasteiger charge is -2.31. The van der Waals surface area contributed by atoms with Crippen LogP contribution in [0.3, 0.4) is 0 Å². The molecule has 1 N–H and O–H groups in total. The van der Waals surface area contributed by atoms with Gasteiger partial charge >= 0.3 is 0 Å². The summed E-state index contributed by atoms with van der Waals surface area (Å²) in [6.45, 7) is 5.67. The third-order valence-electron chi connectivity index (χ3n) is 5.36. The largest absolute Gasteiger partial charge is 0.351 e. The number of rotatable bonds is 8. The number of nitrogens with one attached hydrogen (secondary N) is 1. The SMILES string of the molecule is CC1CCCN(Cc2ccccc2CNC(=O)CS(=O)(=O)Cc2cccc(Br)c2)C1. The first-order chi connectivity index (χ1) is 14.3. The molecule has 7 heteroatoms. The minimum Gasteiger partial charge on any atom is -0.351 e. The van der Waals surface area contributed by atoms with Crippen LogP contribution in [-0.2, 0) is 33.5 Å². The summed E-state index contributed by atoms with van der Waals surface area (Å²) in [5.41, 5.74) is 2.88. The van der Waals surface area contributed by atoms with Crippen molar-refractivity contribution >= 4 is 31.7 Å². The molecule has 0 aliphatic carbocycles. The van der Waals surface area contributed by atoms with E-state index >= 15 is 0 Å². The Kier molecular flexibility index (Phi) is 8.08. The molecule has 0 bridgehead atoms. The van der Waals surface area contributed by atoms with Gasteiger partial charge in [-0.05, 0) is 54.1 Å². The number of sulfone groups is 1. The fraction of sp³-hybridized carbons (Fsp3) is 0.435. The number of likely N-dealkylation sites (tertiary alicyclic amines) is 1. The van der Waals surface area contributed by atoms with Crippen LogP contribution in [0.4, 0.5) is 0 Å². The van der Waals surface area contributed by atoms with Gasteiger partial charge in [-0.1, -0.05) is 59.3 Å². The van der Waals surface area contributed by atoms with E-state index in [4.69, 9.17) is 0 Å². The number of carbonyl (C=O) groups excluding carboxylic acids is 1. The van der Waals surface area contributed by atoms with Crippen LogP contribution >= 0.6 is 15.9 Å². The highest BCUT2D eigenvalue weighted by molar-refractivity contribution is 9.10. The van der Waals surface area contributed by atoms with E-state index in [-0.39, 0.29) is 5.75 Å². The molecule has 1 amide bonds. The summed E-state index contributed by atoms with van der Waals surface area (Å²) >= 11 is 3.34. The van der Waals surface area contributed by atoms with Crippen molar-refractivity contribution in [1.29, 1.82) is 0 Å². The van der Waals surface area contributed by atoms with Crippen molar-refractivity contribution < 1.29 is 13.2 Å². The number of hydrogen-bond acceptors (Lipinski definition) is 4. The van der Waals surface area contributed by atoms with Crippen LogP contribution < -0.4 is 5.32 Å². The third-order valence-corrected chi connectivity index (χ3v) is 7.32. The highest BCUT2D eigenvalue weighted by atomic mass is 79.9. The van der Waals surface area contributed by atoms with Crippen LogP contribution in [0.1, 0.15) is 36.5 Å². The number of amides is 1. The van der Waals surface area contributed by atoms with Crippen LogP contribution in [0.5, 0.6) is 0 Å². The lowest BCUT2D eigenvalue weighted by Crippen LogP contribution is -2.34. The molecule has 0 radical (unpaired) electrons. The Morgan fingerprint density at radius 2 is 1.93 bits per heavy atom. The predicted molar refractivity (Wildman–Crippen MR) is 124 cm³/mol. The van der Waals surface area contributed by atoms with Gasteiger partial charge in [0.15, 0.2) is 9.84 Å². The zero-order valence-electron chi connectivity index (χ0n) is 17.3. The zero-order chi connectivity index (χ0) is 21.6. The first kappa shape index (κ1) is 23.0. The maximum atomic E-state index is 12.4. The number of benzene rings is 2. The highest BCUT2D eigenvalue weighted by Gasteiger charge is 2.19. The van der Waals surface area contributed by atoms with Crippen LogP contribution in [0.15, 0.2) is 53.0 Å². The Morgan fingerprint density at radius 3 is 2.67 bits per heavy atom. The standard InChI is InChI=1S/C23H29BrN2O3S/c1-18-6-5-11-26(14-18)15-21-9-3-2-8-20(21)13-25-23(27)17-30(28,29)16-19-7-4-10-22(24)12-19/h2-4,7-10,12,18H,5-6,11,13-17H2,1H3,(H,25,27). The molecular formula is C23H29BrN2O3S. The number of piperidine rings is 1. The Labute approximate surface area is 187 Å². The van der Waals surface area contributed by atoms with Crippen molar-refractivity contribution in [3.05, 3.63) is 69.7 Å². The van der Waals surface area contributed by atoms with Gasteiger partial charge < -0.3 is 5.32 Å². The average molecular weight is 493 g/mol. The molecule has 1 aliphatic rings. The van der Waals surface area contributed by atoms with Gasteiger partial charge in [0, 0.05) is 24.1 Å². The summed E-state index contributed by atoms with van der Waals surface area (Å²) in [4.78, 5) is 14.8. The molecule has 0 saturated carbocycles. The van der Waals surface area contributed by atoms with E-state index in [0.29, 0.717) is 18.0 Å². The zero-order valence-corrected chi connectivity index (χ0v) is 19.7. The van der Waals surface area contributed by atoms with Crippen molar-refractivity contribution in [3.8, 4) is 0 Å². The first-order valence-corrected chi connectivity index (χ1v) is 12.9. The number of nitrogens with zero attached hydrogens (tertiary/aromatic N) is 1. The topological polar surface area (TPSA) is 66.5 Å². The minimum absolute atomic E-state index is 0.149. The molecule has 1 atom stereocenters. The van der Waals surface area contributed by atoms with Crippen LogP contribution in [0, 0.1) is 5.92 Å². The molecular weight excluding hydrogens is 464 g/mol. The summed E-state index contributed by atoms with van der Waals surface area (Å²) in [5.74, 6) is -0.415. The van der Waals surface area contributed by atoms with Crippen molar-refractivity contribution in [1.82, 2.24) is 10.2 Å². The van der Waals surface area contributed by atoms with Crippen molar-refractivity contribution in [2.75, 3.05) is 18.8 Å². The van der Waals surface area contributed by atoms with Gasteiger partial charge in [0.05, 0.1) is 5.75 Å². The summed E-state index contributed by atoms with van der Waals surface area (Å²) in [6.07, 6.45) is 2.50. The Bertz CT molecular complexity index is 978. The monoisotopic (exact) mass is 492 g/mol. The van der Waals surface area contributed by atoms with Crippen LogP contribution in [0.25, 0.3) is 0 Å². The molecule has 5 nitrogen and oxygen atoms in total. The molecule has 1 heterocycles. The van der Waals surface area contributed by atoms with E-state index in [9.17, 15) is 13.2 Å². The molecule has 3 rings (SSSR count). The van der Waals surface area contributed by atoms with Crippen LogP contribution in [-0.4, -0.2) is 38.1 Å². The predicted octanol–water partition coefficient (Wildman–Crippen LogP) is 3.91. The van der Waals surface area contributed by atoms with Gasteiger partial charge in [0.25, 0.3) is 0 Å². The van der Waals surface area contributed by atoms with Crippen molar-refractivity contribution in [3.63, 3.8) is 0 Å². The second-order valence-corrected chi connectivity index (χ2v) is 11.2. The molecule has 2 aromatic carbocycles. The van der Waals surface area contributed by atoms with Gasteiger partial charge in [-0.3, -0.25) is 9.69 Å². The molecule has 0 aromatic heterocycles. The lowest BCUT2D eigenvalue weighted by molar-refractivity contribution is -0.118. The summed E-state index contributed by atoms with van der Waals surface area (Å²) < 4.78 is 25.6. The molecule has 1 aliphatic heterocycles. The lowest BCUT2D eigenvalue weighted by atomic mass is 9.99. The average Bonchev–Trinajstić information content (AvgIpc) is 2.66. The van der Waals surface area contributed by atoms with E-state index in [1.807, 2.05) is 24.3 Å². The molecule has 162 valence electrons. The molecule has 0 spiro atoms. The molecule has 1 fully saturated rings. The van der Waals surface area contributed by atoms with Crippen molar-refractivity contribution in [2.24, 2.45) is 5.92 Å². The molecule has 30 heavy (non-hydrogen) atoms. The summed E-state index contributed by atoms with van der Waals surface area (Å²) in [6, 6.07) is 15.2. The van der Waals surface area contributed by atoms with Gasteiger partial charge in [0.2, 0.25) is 5.91 Å². The summed E-state index contributed by atoms with van der Waals surface area (Å²) in [5, 5.41) is 2.79. The first-order valence-electron chi connectivity index (χ1n) is 10.3. The smallest absolute Gasteiger partial charge is 0.235 e. The van der Waals surface area contributed by atoms with E-state index in [0.717, 1.165) is 29.7 Å². The van der Waals surface area contributed by atoms with Gasteiger partial charge in [-0.25, -0.2) is 8.42 Å². The second-order valence-electron chi connectivity index (χ2n) is 8.19. The molecule has 1 unspecified atom stereocenters. The fourth-order valence-corrected chi connectivity index (χ4v) is 5.67. The number of carbonyl (C=O) groups is 1. The van der Waals surface area contributed by atoms with E-state index in [1.54, 1.807) is 18.2 Å². The Hall–Kier alpha value is -1.70. The highest BCUT2D eigenvalue weighted by Crippen LogP contribution is 2.19. The fourth-order valence-electron chi connectivity index (χ4n) is 3.93. The molecule has 2 aromatic rings.